The summed E-state index contributed by atoms with van der Waals surface area (Å²) in [5, 5.41) is 9.06. The highest BCUT2D eigenvalue weighted by atomic mass is 16.4. The number of carboxylic acid groups (broad SMARTS) is 1. The Morgan fingerprint density at radius 3 is 2.35 bits per heavy atom. The maximum Gasteiger partial charge on any atom is 0.335 e. The van der Waals surface area contributed by atoms with Crippen molar-refractivity contribution in [2.24, 2.45) is 0 Å². The number of hydrogen-bond donors (Lipinski definition) is 1. The maximum atomic E-state index is 11.0. The molecule has 1 aliphatic carbocycles. The lowest BCUT2D eigenvalue weighted by Gasteiger charge is -2.20. The van der Waals surface area contributed by atoms with E-state index in [9.17, 15) is 4.79 Å². The monoisotopic (exact) mass is 308 g/mol. The van der Waals surface area contributed by atoms with Crippen LogP contribution in [0.3, 0.4) is 0 Å². The summed E-state index contributed by atoms with van der Waals surface area (Å²) in [5.41, 5.74) is 5.89. The zero-order valence-corrected chi connectivity index (χ0v) is 13.9. The molecule has 0 radical (unpaired) electrons. The fourth-order valence-corrected chi connectivity index (χ4v) is 3.57. The number of carbonyl (C=O) groups is 1. The van der Waals surface area contributed by atoms with Crippen LogP contribution < -0.4 is 0 Å². The largest absolute Gasteiger partial charge is 0.478 e. The molecule has 0 bridgehead atoms. The number of aromatic carboxylic acids is 1. The lowest BCUT2D eigenvalue weighted by molar-refractivity contribution is 0.0697. The fourth-order valence-electron chi connectivity index (χ4n) is 3.57. The molecule has 2 aromatic rings. The summed E-state index contributed by atoms with van der Waals surface area (Å²) in [7, 11) is 0. The summed E-state index contributed by atoms with van der Waals surface area (Å²) < 4.78 is 0. The van der Waals surface area contributed by atoms with Gasteiger partial charge in [0.15, 0.2) is 0 Å². The van der Waals surface area contributed by atoms with E-state index in [0.29, 0.717) is 5.56 Å². The van der Waals surface area contributed by atoms with Crippen LogP contribution in [0, 0.1) is 6.92 Å². The number of benzene rings is 2. The van der Waals surface area contributed by atoms with Gasteiger partial charge in [0, 0.05) is 5.41 Å². The standard InChI is InChI=1S/C21H24O2/c1-3-4-5-16-6-11-19(15(2)14-16)21(12-13-21)18-9-7-17(8-10-18)20(22)23/h6-11,14H,3-5,12-13H2,1-2H3,(H,22,23). The molecular weight excluding hydrogens is 284 g/mol. The van der Waals surface area contributed by atoms with Gasteiger partial charge in [-0.15, -0.1) is 0 Å². The van der Waals surface area contributed by atoms with E-state index < -0.39 is 5.97 Å². The second kappa shape index (κ2) is 6.19. The minimum absolute atomic E-state index is 0.102. The van der Waals surface area contributed by atoms with Crippen LogP contribution in [0.2, 0.25) is 0 Å². The molecule has 0 spiro atoms. The first kappa shape index (κ1) is 15.8. The third-order valence-electron chi connectivity index (χ3n) is 5.06. The molecule has 0 amide bonds. The maximum absolute atomic E-state index is 11.0. The molecule has 120 valence electrons. The van der Waals surface area contributed by atoms with Crippen molar-refractivity contribution in [3.63, 3.8) is 0 Å². The SMILES string of the molecule is CCCCc1ccc(C2(c3ccc(C(=O)O)cc3)CC2)c(C)c1. The highest BCUT2D eigenvalue weighted by Crippen LogP contribution is 2.54. The lowest BCUT2D eigenvalue weighted by Crippen LogP contribution is -2.11. The average Bonchev–Trinajstić information content (AvgIpc) is 3.34. The Bertz CT molecular complexity index is 709. The van der Waals surface area contributed by atoms with Gasteiger partial charge in [0.1, 0.15) is 0 Å². The van der Waals surface area contributed by atoms with Crippen LogP contribution in [0.15, 0.2) is 42.5 Å². The zero-order valence-electron chi connectivity index (χ0n) is 13.9. The summed E-state index contributed by atoms with van der Waals surface area (Å²) in [5.74, 6) is -0.863. The van der Waals surface area contributed by atoms with E-state index >= 15 is 0 Å². The molecule has 1 N–H and O–H groups in total. The van der Waals surface area contributed by atoms with Crippen LogP contribution >= 0.6 is 0 Å². The Labute approximate surface area is 138 Å². The van der Waals surface area contributed by atoms with Gasteiger partial charge in [-0.2, -0.15) is 0 Å². The Morgan fingerprint density at radius 1 is 1.13 bits per heavy atom. The first-order chi connectivity index (χ1) is 11.1. The van der Waals surface area contributed by atoms with E-state index in [1.54, 1.807) is 12.1 Å². The first-order valence-corrected chi connectivity index (χ1v) is 8.50. The summed E-state index contributed by atoms with van der Waals surface area (Å²) >= 11 is 0. The van der Waals surface area contributed by atoms with E-state index in [4.69, 9.17) is 5.11 Å². The van der Waals surface area contributed by atoms with Crippen LogP contribution in [0.5, 0.6) is 0 Å². The van der Waals surface area contributed by atoms with Gasteiger partial charge in [0.2, 0.25) is 0 Å². The van der Waals surface area contributed by atoms with E-state index in [2.05, 4.69) is 32.0 Å². The van der Waals surface area contributed by atoms with Gasteiger partial charge in [0.05, 0.1) is 5.56 Å². The fraction of sp³-hybridized carbons (Fsp3) is 0.381. The van der Waals surface area contributed by atoms with Crippen LogP contribution in [-0.2, 0) is 11.8 Å². The van der Waals surface area contributed by atoms with E-state index in [1.165, 1.54) is 35.1 Å². The Hall–Kier alpha value is -2.09. The van der Waals surface area contributed by atoms with Gasteiger partial charge in [0.25, 0.3) is 0 Å². The van der Waals surface area contributed by atoms with Crippen molar-refractivity contribution in [3.05, 3.63) is 70.3 Å². The normalized spacial score (nSPS) is 15.4. The number of unbranched alkanes of at least 4 members (excludes halogenated alkanes) is 1. The molecule has 2 aromatic carbocycles. The van der Waals surface area contributed by atoms with Crippen molar-refractivity contribution < 1.29 is 9.90 Å². The molecule has 3 rings (SSSR count). The molecule has 0 unspecified atom stereocenters. The molecule has 0 aromatic heterocycles. The van der Waals surface area contributed by atoms with Crippen molar-refractivity contribution >= 4 is 5.97 Å². The van der Waals surface area contributed by atoms with E-state index in [1.807, 2.05) is 12.1 Å². The van der Waals surface area contributed by atoms with Gasteiger partial charge < -0.3 is 5.11 Å². The zero-order chi connectivity index (χ0) is 16.4. The van der Waals surface area contributed by atoms with Crippen LogP contribution in [0.25, 0.3) is 0 Å². The van der Waals surface area contributed by atoms with Gasteiger partial charge in [-0.25, -0.2) is 4.79 Å². The second-order valence-electron chi connectivity index (χ2n) is 6.72. The van der Waals surface area contributed by atoms with Crippen LogP contribution in [-0.4, -0.2) is 11.1 Å². The average molecular weight is 308 g/mol. The Balaban J connectivity index is 1.89. The molecule has 2 nitrogen and oxygen atoms in total. The molecule has 0 atom stereocenters. The van der Waals surface area contributed by atoms with E-state index in [0.717, 1.165) is 19.3 Å². The predicted molar refractivity (Wildman–Crippen MR) is 93.2 cm³/mol. The molecule has 1 aliphatic rings. The summed E-state index contributed by atoms with van der Waals surface area (Å²) in [4.78, 5) is 11.0. The van der Waals surface area contributed by atoms with Gasteiger partial charge in [-0.05, 0) is 67.0 Å². The second-order valence-corrected chi connectivity index (χ2v) is 6.72. The minimum atomic E-state index is -0.863. The van der Waals surface area contributed by atoms with Crippen molar-refractivity contribution in [1.29, 1.82) is 0 Å². The third-order valence-corrected chi connectivity index (χ3v) is 5.06. The Morgan fingerprint density at radius 2 is 1.83 bits per heavy atom. The minimum Gasteiger partial charge on any atom is -0.478 e. The van der Waals surface area contributed by atoms with Gasteiger partial charge >= 0.3 is 5.97 Å². The molecule has 0 heterocycles. The third kappa shape index (κ3) is 3.03. The molecule has 1 saturated carbocycles. The quantitative estimate of drug-likeness (QED) is 0.804. The number of carboxylic acids is 1. The van der Waals surface area contributed by atoms with Crippen molar-refractivity contribution in [2.45, 2.75) is 51.4 Å². The summed E-state index contributed by atoms with van der Waals surface area (Å²) in [6, 6.07) is 14.3. The lowest BCUT2D eigenvalue weighted by atomic mass is 9.84. The van der Waals surface area contributed by atoms with Crippen molar-refractivity contribution in [1.82, 2.24) is 0 Å². The molecular formula is C21H24O2. The van der Waals surface area contributed by atoms with Crippen LogP contribution in [0.1, 0.15) is 65.2 Å². The molecule has 2 heteroatoms. The molecule has 0 saturated heterocycles. The smallest absolute Gasteiger partial charge is 0.335 e. The van der Waals surface area contributed by atoms with E-state index in [-0.39, 0.29) is 5.41 Å². The number of rotatable bonds is 6. The number of aryl methyl sites for hydroxylation is 2. The van der Waals surface area contributed by atoms with Crippen LogP contribution in [0.4, 0.5) is 0 Å². The molecule has 0 aliphatic heterocycles. The topological polar surface area (TPSA) is 37.3 Å². The van der Waals surface area contributed by atoms with Crippen molar-refractivity contribution in [2.75, 3.05) is 0 Å². The highest BCUT2D eigenvalue weighted by Gasteiger charge is 2.46. The molecule has 23 heavy (non-hydrogen) atoms. The Kier molecular flexibility index (Phi) is 4.25. The highest BCUT2D eigenvalue weighted by molar-refractivity contribution is 5.87. The summed E-state index contributed by atoms with van der Waals surface area (Å²) in [6.07, 6.45) is 5.91. The first-order valence-electron chi connectivity index (χ1n) is 8.50. The molecule has 1 fully saturated rings. The number of hydrogen-bond acceptors (Lipinski definition) is 1. The van der Waals surface area contributed by atoms with Gasteiger partial charge in [-0.3, -0.25) is 0 Å². The summed E-state index contributed by atoms with van der Waals surface area (Å²) in [6.45, 7) is 4.43. The predicted octanol–water partition coefficient (Wildman–Crippen LogP) is 5.12. The van der Waals surface area contributed by atoms with Crippen molar-refractivity contribution in [3.8, 4) is 0 Å². The van der Waals surface area contributed by atoms with Gasteiger partial charge in [-0.1, -0.05) is 43.7 Å².